The van der Waals surface area contributed by atoms with Crippen molar-refractivity contribution in [3.8, 4) is 17.2 Å². The van der Waals surface area contributed by atoms with Crippen molar-refractivity contribution in [3.05, 3.63) is 60.2 Å². The summed E-state index contributed by atoms with van der Waals surface area (Å²) in [7, 11) is 1.58. The highest BCUT2D eigenvalue weighted by atomic mass is 16.7. The Morgan fingerprint density at radius 3 is 2.63 bits per heavy atom. The van der Waals surface area contributed by atoms with Gasteiger partial charge in [0.05, 0.1) is 25.0 Å². The predicted octanol–water partition coefficient (Wildman–Crippen LogP) is 3.65. The standard InChI is InChI=1S/C33H37N3O7/c1-18-5-4-6-23(19(18)2)35-31(38)29-33-14-13-25(43-33)27(30(37)34-21-8-10-22(40-3)11-9-21)28(33)32(39)36(29)16-20-7-12-24-26(15-20)42-17-41-24/h7-15,18-19,23,25,27-29H,4-6,16-17H2,1-3H3,(H,34,37)(H,35,38)/t18?,19?,23?,25-,27?,28-,29?,33?/m0/s1. The molecule has 2 aromatic carbocycles. The van der Waals surface area contributed by atoms with Crippen LogP contribution in [0.2, 0.25) is 0 Å². The summed E-state index contributed by atoms with van der Waals surface area (Å²) in [6, 6.07) is 11.6. The molecule has 10 nitrogen and oxygen atoms in total. The Kier molecular flexibility index (Phi) is 6.84. The van der Waals surface area contributed by atoms with Crippen LogP contribution < -0.4 is 24.8 Å². The van der Waals surface area contributed by atoms with Crippen molar-refractivity contribution in [3.63, 3.8) is 0 Å². The quantitative estimate of drug-likeness (QED) is 0.475. The molecule has 10 heteroatoms. The van der Waals surface area contributed by atoms with Crippen LogP contribution in [0.3, 0.4) is 0 Å². The molecule has 43 heavy (non-hydrogen) atoms. The fraction of sp³-hybridized carbons (Fsp3) is 0.485. The van der Waals surface area contributed by atoms with E-state index in [1.807, 2.05) is 30.4 Å². The van der Waals surface area contributed by atoms with Crippen molar-refractivity contribution in [2.45, 2.75) is 63.4 Å². The molecule has 1 spiro atoms. The number of methoxy groups -OCH3 is 1. The topological polar surface area (TPSA) is 115 Å². The van der Waals surface area contributed by atoms with Crippen molar-refractivity contribution in [1.82, 2.24) is 10.2 Å². The molecule has 0 radical (unpaired) electrons. The van der Waals surface area contributed by atoms with Gasteiger partial charge in [0.2, 0.25) is 24.5 Å². The zero-order chi connectivity index (χ0) is 29.9. The van der Waals surface area contributed by atoms with Gasteiger partial charge in [-0.2, -0.15) is 0 Å². The minimum absolute atomic E-state index is 0.00551. The molecule has 2 N–H and O–H groups in total. The molecule has 3 fully saturated rings. The Morgan fingerprint density at radius 2 is 1.84 bits per heavy atom. The number of anilines is 1. The molecule has 226 valence electrons. The second kappa shape index (κ2) is 10.6. The van der Waals surface area contributed by atoms with Crippen LogP contribution in [-0.4, -0.2) is 60.3 Å². The van der Waals surface area contributed by atoms with Crippen molar-refractivity contribution in [2.75, 3.05) is 19.2 Å². The lowest BCUT2D eigenvalue weighted by atomic mass is 9.73. The van der Waals surface area contributed by atoms with Crippen LogP contribution in [0.25, 0.3) is 0 Å². The fourth-order valence-electron chi connectivity index (χ4n) is 7.62. The maximum absolute atomic E-state index is 14.4. The summed E-state index contributed by atoms with van der Waals surface area (Å²) < 4.78 is 22.8. The molecule has 2 bridgehead atoms. The van der Waals surface area contributed by atoms with E-state index in [-0.39, 0.29) is 37.1 Å². The molecule has 8 atom stereocenters. The first-order valence-electron chi connectivity index (χ1n) is 15.1. The predicted molar refractivity (Wildman–Crippen MR) is 156 cm³/mol. The highest BCUT2D eigenvalue weighted by molar-refractivity contribution is 6.02. The fourth-order valence-corrected chi connectivity index (χ4v) is 7.62. The SMILES string of the molecule is COc1ccc(NC(=O)C2[C@@H]3C=CC4(O3)C(C(=O)NC3CCCC(C)C3C)N(Cc3ccc5c(c3)OCO5)C(=O)[C@H]24)cc1. The number of ether oxygens (including phenoxy) is 4. The summed E-state index contributed by atoms with van der Waals surface area (Å²) in [5.74, 6) is 0.243. The van der Waals surface area contributed by atoms with Gasteiger partial charge in [-0.05, 0) is 60.2 Å². The Labute approximate surface area is 250 Å². The highest BCUT2D eigenvalue weighted by Crippen LogP contribution is 2.55. The molecule has 5 aliphatic rings. The normalized spacial score (nSPS) is 33.4. The van der Waals surface area contributed by atoms with E-state index >= 15 is 0 Å². The Hall–Kier alpha value is -4.05. The van der Waals surface area contributed by atoms with Crippen molar-refractivity contribution in [1.29, 1.82) is 0 Å². The number of carbonyl (C=O) groups is 3. The molecular formula is C33H37N3O7. The first-order valence-corrected chi connectivity index (χ1v) is 15.1. The van der Waals surface area contributed by atoms with Crippen molar-refractivity contribution in [2.24, 2.45) is 23.7 Å². The second-order valence-electron chi connectivity index (χ2n) is 12.5. The molecule has 3 amide bonds. The first-order chi connectivity index (χ1) is 20.8. The van der Waals surface area contributed by atoms with E-state index in [4.69, 9.17) is 18.9 Å². The smallest absolute Gasteiger partial charge is 0.246 e. The third-order valence-corrected chi connectivity index (χ3v) is 10.1. The Morgan fingerprint density at radius 1 is 1.05 bits per heavy atom. The van der Waals surface area contributed by atoms with Crippen LogP contribution in [0.4, 0.5) is 5.69 Å². The lowest BCUT2D eigenvalue weighted by molar-refractivity contribution is -0.142. The number of hydrogen-bond acceptors (Lipinski definition) is 7. The molecule has 6 unspecified atom stereocenters. The minimum Gasteiger partial charge on any atom is -0.497 e. The monoisotopic (exact) mass is 587 g/mol. The van der Waals surface area contributed by atoms with Gasteiger partial charge in [0.15, 0.2) is 11.5 Å². The molecule has 1 aliphatic carbocycles. The van der Waals surface area contributed by atoms with Gasteiger partial charge in [0.25, 0.3) is 0 Å². The number of amides is 3. The van der Waals surface area contributed by atoms with E-state index in [2.05, 4.69) is 24.5 Å². The van der Waals surface area contributed by atoms with Gasteiger partial charge in [0, 0.05) is 18.3 Å². The number of likely N-dealkylation sites (tertiary alicyclic amines) is 1. The first kappa shape index (κ1) is 27.8. The maximum atomic E-state index is 14.4. The minimum atomic E-state index is -1.24. The second-order valence-corrected chi connectivity index (χ2v) is 12.5. The number of benzene rings is 2. The molecule has 1 saturated carbocycles. The third kappa shape index (κ3) is 4.54. The summed E-state index contributed by atoms with van der Waals surface area (Å²) >= 11 is 0. The van der Waals surface area contributed by atoms with Crippen molar-refractivity contribution < 1.29 is 33.3 Å². The van der Waals surface area contributed by atoms with Gasteiger partial charge >= 0.3 is 0 Å². The van der Waals surface area contributed by atoms with Crippen LogP contribution in [0.15, 0.2) is 54.6 Å². The van der Waals surface area contributed by atoms with Crippen LogP contribution in [0, 0.1) is 23.7 Å². The summed E-state index contributed by atoms with van der Waals surface area (Å²) in [6.45, 7) is 4.70. The summed E-state index contributed by atoms with van der Waals surface area (Å²) in [5.41, 5.74) is 0.140. The zero-order valence-electron chi connectivity index (χ0n) is 24.6. The van der Waals surface area contributed by atoms with Crippen LogP contribution in [-0.2, 0) is 25.7 Å². The zero-order valence-corrected chi connectivity index (χ0v) is 24.6. The summed E-state index contributed by atoms with van der Waals surface area (Å²) in [4.78, 5) is 44.0. The van der Waals surface area contributed by atoms with E-state index < -0.39 is 29.6 Å². The van der Waals surface area contributed by atoms with Gasteiger partial charge < -0.3 is 34.5 Å². The van der Waals surface area contributed by atoms with E-state index in [1.54, 1.807) is 36.3 Å². The average molecular weight is 588 g/mol. The van der Waals surface area contributed by atoms with Crippen molar-refractivity contribution >= 4 is 23.4 Å². The van der Waals surface area contributed by atoms with E-state index in [9.17, 15) is 14.4 Å². The number of fused-ring (bicyclic) bond motifs is 2. The van der Waals surface area contributed by atoms with Crippen LogP contribution in [0.1, 0.15) is 38.7 Å². The maximum Gasteiger partial charge on any atom is 0.246 e. The molecule has 4 heterocycles. The van der Waals surface area contributed by atoms with E-state index in [0.717, 1.165) is 24.8 Å². The highest BCUT2D eigenvalue weighted by Gasteiger charge is 2.72. The largest absolute Gasteiger partial charge is 0.497 e. The van der Waals surface area contributed by atoms with Gasteiger partial charge in [-0.15, -0.1) is 0 Å². The van der Waals surface area contributed by atoms with Gasteiger partial charge in [-0.25, -0.2) is 0 Å². The Bertz CT molecular complexity index is 1480. The molecule has 4 aliphatic heterocycles. The number of rotatable bonds is 7. The summed E-state index contributed by atoms with van der Waals surface area (Å²) in [5, 5.41) is 6.25. The molecular weight excluding hydrogens is 550 g/mol. The lowest BCUT2D eigenvalue weighted by Crippen LogP contribution is -2.57. The van der Waals surface area contributed by atoms with Crippen LogP contribution >= 0.6 is 0 Å². The van der Waals surface area contributed by atoms with E-state index in [1.165, 1.54) is 0 Å². The van der Waals surface area contributed by atoms with Crippen LogP contribution in [0.5, 0.6) is 17.2 Å². The van der Waals surface area contributed by atoms with Gasteiger partial charge in [0.1, 0.15) is 17.4 Å². The molecule has 7 rings (SSSR count). The average Bonchev–Trinajstić information content (AvgIpc) is 3.77. The number of hydrogen-bond donors (Lipinski definition) is 2. The van der Waals surface area contributed by atoms with Gasteiger partial charge in [-0.1, -0.05) is 44.9 Å². The summed E-state index contributed by atoms with van der Waals surface area (Å²) in [6.07, 6.45) is 6.13. The molecule has 0 aromatic heterocycles. The molecule has 2 aromatic rings. The number of carbonyl (C=O) groups excluding carboxylic acids is 3. The van der Waals surface area contributed by atoms with Gasteiger partial charge in [-0.3, -0.25) is 14.4 Å². The third-order valence-electron chi connectivity index (χ3n) is 10.1. The number of nitrogens with zero attached hydrogens (tertiary/aromatic N) is 1. The Balaban J connectivity index is 1.20. The lowest BCUT2D eigenvalue weighted by Gasteiger charge is -2.38. The molecule has 2 saturated heterocycles. The van der Waals surface area contributed by atoms with E-state index in [0.29, 0.717) is 34.8 Å². The number of nitrogens with one attached hydrogen (secondary N) is 2.